The highest BCUT2D eigenvalue weighted by Crippen LogP contribution is 2.30. The van der Waals surface area contributed by atoms with E-state index in [0.29, 0.717) is 11.6 Å². The number of piperidine rings is 1. The topological polar surface area (TPSA) is 89.8 Å². The molecular formula is C24H29N7. The fraction of sp³-hybridized carbons (Fsp3) is 0.417. The van der Waals surface area contributed by atoms with E-state index in [9.17, 15) is 5.26 Å². The molecule has 1 aliphatic rings. The van der Waals surface area contributed by atoms with Crippen LogP contribution < -0.4 is 15.5 Å². The fourth-order valence-corrected chi connectivity index (χ4v) is 4.34. The van der Waals surface area contributed by atoms with Gasteiger partial charge in [0.1, 0.15) is 5.82 Å². The normalized spacial score (nSPS) is 17.2. The number of nitriles is 1. The van der Waals surface area contributed by atoms with Crippen molar-refractivity contribution in [2.24, 2.45) is 0 Å². The number of benzene rings is 1. The van der Waals surface area contributed by atoms with E-state index in [-0.39, 0.29) is 6.04 Å². The van der Waals surface area contributed by atoms with E-state index in [1.165, 1.54) is 6.42 Å². The number of hydrogen-bond acceptors (Lipinski definition) is 7. The summed E-state index contributed by atoms with van der Waals surface area (Å²) in [5.41, 5.74) is 3.62. The molecular weight excluding hydrogens is 386 g/mol. The molecule has 0 bridgehead atoms. The van der Waals surface area contributed by atoms with Gasteiger partial charge in [-0.2, -0.15) is 10.4 Å². The minimum absolute atomic E-state index is 0.0228. The van der Waals surface area contributed by atoms with Crippen molar-refractivity contribution in [3.8, 4) is 6.07 Å². The largest absolute Gasteiger partial charge is 0.362 e. The second-order valence-corrected chi connectivity index (χ2v) is 8.33. The molecule has 160 valence electrons. The summed E-state index contributed by atoms with van der Waals surface area (Å²) < 4.78 is 0. The Balaban J connectivity index is 1.69. The molecule has 1 aliphatic heterocycles. The third-order valence-corrected chi connectivity index (χ3v) is 6.33. The van der Waals surface area contributed by atoms with Crippen molar-refractivity contribution in [2.45, 2.75) is 45.7 Å². The number of fused-ring (bicyclic) bond motifs is 1. The lowest BCUT2D eigenvalue weighted by molar-refractivity contribution is 0.443. The minimum Gasteiger partial charge on any atom is -0.362 e. The zero-order valence-electron chi connectivity index (χ0n) is 18.6. The number of nitrogens with one attached hydrogen (secondary N) is 2. The van der Waals surface area contributed by atoms with Crippen LogP contribution in [0.15, 0.2) is 30.5 Å². The van der Waals surface area contributed by atoms with Gasteiger partial charge in [0.15, 0.2) is 5.82 Å². The van der Waals surface area contributed by atoms with Gasteiger partial charge < -0.3 is 15.5 Å². The number of aromatic nitrogens is 3. The molecule has 1 aromatic carbocycles. The maximum absolute atomic E-state index is 9.37. The maximum Gasteiger partial charge on any atom is 0.157 e. The maximum atomic E-state index is 9.37. The molecule has 0 spiro atoms. The molecule has 0 saturated carbocycles. The van der Waals surface area contributed by atoms with Gasteiger partial charge in [0.2, 0.25) is 0 Å². The van der Waals surface area contributed by atoms with Crippen LogP contribution in [0.5, 0.6) is 0 Å². The summed E-state index contributed by atoms with van der Waals surface area (Å²) in [6.07, 6.45) is 4.24. The van der Waals surface area contributed by atoms with Crippen LogP contribution >= 0.6 is 0 Å². The van der Waals surface area contributed by atoms with Gasteiger partial charge in [0.25, 0.3) is 0 Å². The zero-order chi connectivity index (χ0) is 22.0. The van der Waals surface area contributed by atoms with Gasteiger partial charge in [-0.1, -0.05) is 12.1 Å². The highest BCUT2D eigenvalue weighted by Gasteiger charge is 2.20. The summed E-state index contributed by atoms with van der Waals surface area (Å²) in [7, 11) is 2.11. The zero-order valence-corrected chi connectivity index (χ0v) is 18.6. The highest BCUT2D eigenvalue weighted by atomic mass is 15.2. The molecule has 0 radical (unpaired) electrons. The summed E-state index contributed by atoms with van der Waals surface area (Å²) in [6, 6.07) is 10.6. The smallest absolute Gasteiger partial charge is 0.157 e. The summed E-state index contributed by atoms with van der Waals surface area (Å²) in [4.78, 5) is 6.98. The number of pyridine rings is 1. The van der Waals surface area contributed by atoms with Crippen molar-refractivity contribution in [3.05, 3.63) is 52.8 Å². The quantitative estimate of drug-likeness (QED) is 0.654. The molecule has 2 N–H and O–H groups in total. The van der Waals surface area contributed by atoms with E-state index in [1.807, 2.05) is 32.2 Å². The third-order valence-electron chi connectivity index (χ3n) is 6.33. The first-order valence-corrected chi connectivity index (χ1v) is 10.8. The molecule has 7 nitrogen and oxygen atoms in total. The average Bonchev–Trinajstić information content (AvgIpc) is 2.81. The predicted octanol–water partition coefficient (Wildman–Crippen LogP) is 3.87. The van der Waals surface area contributed by atoms with Crippen molar-refractivity contribution >= 4 is 22.4 Å². The number of rotatable bonds is 5. The van der Waals surface area contributed by atoms with Crippen molar-refractivity contribution in [2.75, 3.05) is 30.4 Å². The molecule has 3 heterocycles. The van der Waals surface area contributed by atoms with Gasteiger partial charge in [-0.05, 0) is 63.4 Å². The van der Waals surface area contributed by atoms with Crippen LogP contribution in [0.3, 0.4) is 0 Å². The van der Waals surface area contributed by atoms with Crippen LogP contribution in [-0.4, -0.2) is 41.4 Å². The van der Waals surface area contributed by atoms with Crippen LogP contribution in [0.1, 0.15) is 48.2 Å². The molecule has 0 unspecified atom stereocenters. The first-order chi connectivity index (χ1) is 15.0. The summed E-state index contributed by atoms with van der Waals surface area (Å²) in [5.74, 6) is 1.67. The molecule has 3 aromatic rings. The Hall–Kier alpha value is -3.24. The number of hydrogen-bond donors (Lipinski definition) is 2. The summed E-state index contributed by atoms with van der Waals surface area (Å²) in [5, 5.41) is 27.2. The van der Waals surface area contributed by atoms with Crippen molar-refractivity contribution in [1.29, 1.82) is 5.26 Å². The first kappa shape index (κ1) is 21.0. The Labute approximate surface area is 183 Å². The summed E-state index contributed by atoms with van der Waals surface area (Å²) >= 11 is 0. The van der Waals surface area contributed by atoms with E-state index in [0.717, 1.165) is 58.7 Å². The Morgan fingerprint density at radius 1 is 1.26 bits per heavy atom. The fourth-order valence-electron chi connectivity index (χ4n) is 4.34. The van der Waals surface area contributed by atoms with Gasteiger partial charge in [0, 0.05) is 36.6 Å². The van der Waals surface area contributed by atoms with Crippen LogP contribution in [0.4, 0.5) is 11.6 Å². The molecule has 0 amide bonds. The Kier molecular flexibility index (Phi) is 6.01. The lowest BCUT2D eigenvalue weighted by Gasteiger charge is -2.32. The average molecular weight is 416 g/mol. The molecule has 1 saturated heterocycles. The standard InChI is InChI=1S/C24H29N7/c1-15-18(12-25)7-5-9-20(15)16(2)28-24-21-11-23(27-14-22(21)17(3)29-30-24)31(4)19-8-6-10-26-13-19/h5,7,9,11,14,16,19,26H,6,8,10,13H2,1-4H3,(H,28,30)/t16-,19+/m1/s1. The molecule has 4 rings (SSSR count). The minimum atomic E-state index is -0.0228. The molecule has 31 heavy (non-hydrogen) atoms. The van der Waals surface area contributed by atoms with Gasteiger partial charge in [-0.3, -0.25) is 0 Å². The monoisotopic (exact) mass is 415 g/mol. The van der Waals surface area contributed by atoms with E-state index >= 15 is 0 Å². The van der Waals surface area contributed by atoms with E-state index in [1.54, 1.807) is 0 Å². The van der Waals surface area contributed by atoms with E-state index in [4.69, 9.17) is 4.98 Å². The molecule has 7 heteroatoms. The number of nitrogens with zero attached hydrogens (tertiary/aromatic N) is 5. The van der Waals surface area contributed by atoms with Crippen molar-refractivity contribution in [1.82, 2.24) is 20.5 Å². The van der Waals surface area contributed by atoms with Crippen LogP contribution in [0, 0.1) is 25.2 Å². The Morgan fingerprint density at radius 3 is 2.84 bits per heavy atom. The number of anilines is 2. The van der Waals surface area contributed by atoms with E-state index in [2.05, 4.69) is 57.9 Å². The molecule has 0 aliphatic carbocycles. The van der Waals surface area contributed by atoms with Gasteiger partial charge in [-0.15, -0.1) is 5.10 Å². The van der Waals surface area contributed by atoms with Gasteiger partial charge in [-0.25, -0.2) is 4.98 Å². The number of aryl methyl sites for hydroxylation is 1. The van der Waals surface area contributed by atoms with Crippen LogP contribution in [0.25, 0.3) is 10.8 Å². The van der Waals surface area contributed by atoms with Crippen LogP contribution in [0.2, 0.25) is 0 Å². The number of likely N-dealkylation sites (N-methyl/N-ethyl adjacent to an activating group) is 1. The third kappa shape index (κ3) is 4.17. The predicted molar refractivity (Wildman–Crippen MR) is 124 cm³/mol. The van der Waals surface area contributed by atoms with Crippen molar-refractivity contribution in [3.63, 3.8) is 0 Å². The summed E-state index contributed by atoms with van der Waals surface area (Å²) in [6.45, 7) is 8.08. The van der Waals surface area contributed by atoms with Crippen molar-refractivity contribution < 1.29 is 0 Å². The Bertz CT molecular complexity index is 1130. The SMILES string of the molecule is Cc1c(C#N)cccc1[C@@H](C)Nc1nnc(C)c2cnc(N(C)[C@H]3CCCNC3)cc12. The van der Waals surface area contributed by atoms with Gasteiger partial charge in [0.05, 0.1) is 23.4 Å². The first-order valence-electron chi connectivity index (χ1n) is 10.8. The van der Waals surface area contributed by atoms with E-state index < -0.39 is 0 Å². The van der Waals surface area contributed by atoms with Gasteiger partial charge >= 0.3 is 0 Å². The Morgan fingerprint density at radius 2 is 2.10 bits per heavy atom. The highest BCUT2D eigenvalue weighted by molar-refractivity contribution is 5.94. The second-order valence-electron chi connectivity index (χ2n) is 8.33. The second kappa shape index (κ2) is 8.86. The molecule has 1 fully saturated rings. The molecule has 2 atom stereocenters. The lowest BCUT2D eigenvalue weighted by atomic mass is 9.98. The van der Waals surface area contributed by atoms with Crippen LogP contribution in [-0.2, 0) is 0 Å². The molecule has 2 aromatic heterocycles. The lowest BCUT2D eigenvalue weighted by Crippen LogP contribution is -2.44.